The van der Waals surface area contributed by atoms with E-state index < -0.39 is 6.10 Å². The first kappa shape index (κ1) is 45.6. The minimum Gasteiger partial charge on any atom is -0.457 e. The molecule has 1 N–H and O–H groups in total. The largest absolute Gasteiger partial charge is 0.457 e. The highest BCUT2D eigenvalue weighted by molar-refractivity contribution is 5.69. The lowest BCUT2D eigenvalue weighted by atomic mass is 10.1. The predicted octanol–water partition coefficient (Wildman–Crippen LogP) is 13.3. The molecule has 0 aromatic rings. The number of hydrogen-bond acceptors (Lipinski definition) is 4. The Bertz CT molecular complexity index is 698. The van der Waals surface area contributed by atoms with Crippen molar-refractivity contribution in [1.82, 2.24) is 0 Å². The topological polar surface area (TPSA) is 55.8 Å². The van der Waals surface area contributed by atoms with Crippen molar-refractivity contribution in [2.75, 3.05) is 19.8 Å². The van der Waals surface area contributed by atoms with Gasteiger partial charge in [-0.2, -0.15) is 0 Å². The van der Waals surface area contributed by atoms with Gasteiger partial charge in [-0.05, 0) is 70.6 Å². The van der Waals surface area contributed by atoms with Crippen molar-refractivity contribution in [1.29, 1.82) is 0 Å². The molecule has 1 unspecified atom stereocenters. The van der Waals surface area contributed by atoms with Crippen LogP contribution in [0, 0.1) is 0 Å². The summed E-state index contributed by atoms with van der Waals surface area (Å²) >= 11 is 0. The number of esters is 1. The number of aliphatic hydroxyl groups is 1. The van der Waals surface area contributed by atoms with E-state index in [1.807, 2.05) is 0 Å². The minimum atomic E-state index is -0.538. The Balaban J connectivity index is 3.44. The van der Waals surface area contributed by atoms with Crippen LogP contribution in [0.4, 0.5) is 0 Å². The van der Waals surface area contributed by atoms with E-state index >= 15 is 0 Å². The molecule has 0 bridgehead atoms. The normalized spacial score (nSPS) is 12.7. The van der Waals surface area contributed by atoms with Gasteiger partial charge in [0.15, 0.2) is 0 Å². The fourth-order valence-electron chi connectivity index (χ4n) is 5.82. The molecule has 0 aliphatic rings. The number of rotatable bonds is 38. The average Bonchev–Trinajstić information content (AvgIpc) is 3.08. The summed E-state index contributed by atoms with van der Waals surface area (Å²) in [5.74, 6) is -0.207. The number of allylic oxidation sites excluding steroid dienone is 6. The Labute approximate surface area is 293 Å². The van der Waals surface area contributed by atoms with Crippen LogP contribution in [0.25, 0.3) is 0 Å². The second-order valence-corrected chi connectivity index (χ2v) is 13.7. The summed E-state index contributed by atoms with van der Waals surface area (Å²) in [5, 5.41) is 9.58. The maximum atomic E-state index is 12.2. The molecule has 47 heavy (non-hydrogen) atoms. The van der Waals surface area contributed by atoms with Crippen LogP contribution >= 0.6 is 0 Å². The summed E-state index contributed by atoms with van der Waals surface area (Å²) in [7, 11) is 0. The van der Waals surface area contributed by atoms with Crippen LogP contribution in [-0.4, -0.2) is 37.0 Å². The van der Waals surface area contributed by atoms with Gasteiger partial charge in [0.1, 0.15) is 6.10 Å². The van der Waals surface area contributed by atoms with Crippen molar-refractivity contribution < 1.29 is 19.4 Å². The summed E-state index contributed by atoms with van der Waals surface area (Å²) in [4.78, 5) is 12.2. The monoisotopic (exact) mass is 661 g/mol. The highest BCUT2D eigenvalue weighted by Crippen LogP contribution is 2.13. The van der Waals surface area contributed by atoms with Gasteiger partial charge < -0.3 is 14.6 Å². The minimum absolute atomic E-state index is 0.175. The van der Waals surface area contributed by atoms with Crippen molar-refractivity contribution in [3.8, 4) is 0 Å². The highest BCUT2D eigenvalue weighted by atomic mass is 16.6. The molecular weight excluding hydrogens is 580 g/mol. The second-order valence-electron chi connectivity index (χ2n) is 13.7. The first-order valence-electron chi connectivity index (χ1n) is 20.6. The molecule has 0 aliphatic carbocycles. The second kappa shape index (κ2) is 40.8. The van der Waals surface area contributed by atoms with Gasteiger partial charge in [0.05, 0.1) is 13.2 Å². The van der Waals surface area contributed by atoms with Gasteiger partial charge in [0.25, 0.3) is 0 Å². The zero-order valence-corrected chi connectivity index (χ0v) is 31.5. The maximum Gasteiger partial charge on any atom is 0.306 e. The summed E-state index contributed by atoms with van der Waals surface area (Å²) in [6.45, 7) is 5.32. The Morgan fingerprint density at radius 3 is 1.36 bits per heavy atom. The van der Waals surface area contributed by atoms with Gasteiger partial charge in [-0.3, -0.25) is 4.79 Å². The van der Waals surface area contributed by atoms with Gasteiger partial charge in [-0.25, -0.2) is 0 Å². The molecule has 0 amide bonds. The molecular formula is C43H80O4. The van der Waals surface area contributed by atoms with E-state index in [0.29, 0.717) is 19.6 Å². The first-order valence-corrected chi connectivity index (χ1v) is 20.6. The molecule has 0 aromatic heterocycles. The van der Waals surface area contributed by atoms with Crippen LogP contribution < -0.4 is 0 Å². The standard InChI is InChI=1S/C43H80O4/c1-3-5-7-9-11-13-15-17-19-20-21-22-23-24-25-26-28-30-32-34-36-38-43(45)47-42(40-44)41-46-39-37-35-33-31-29-27-18-16-14-12-10-8-6-4-2/h14-17,20-21,42,44H,3-13,18-19,22-41H2,1-2H3/b16-14-,17-15-,21-20-. The molecule has 0 heterocycles. The molecule has 0 saturated carbocycles. The number of aliphatic hydroxyl groups excluding tert-OH is 1. The van der Waals surface area contributed by atoms with E-state index in [9.17, 15) is 9.90 Å². The molecule has 1 atom stereocenters. The van der Waals surface area contributed by atoms with E-state index in [0.717, 1.165) is 25.7 Å². The van der Waals surface area contributed by atoms with Crippen LogP contribution in [-0.2, 0) is 14.3 Å². The lowest BCUT2D eigenvalue weighted by Crippen LogP contribution is -2.27. The summed E-state index contributed by atoms with van der Waals surface area (Å²) in [5.41, 5.74) is 0. The SMILES string of the molecule is CCCCCC/C=C\CCCCCCCCOCC(CO)OC(=O)CCCCCCCCCCC/C=C\C/C=C\CCCCCCC. The van der Waals surface area contributed by atoms with E-state index in [2.05, 4.69) is 50.3 Å². The molecule has 0 aliphatic heterocycles. The average molecular weight is 661 g/mol. The zero-order valence-electron chi connectivity index (χ0n) is 31.5. The number of unbranched alkanes of at least 4 members (excludes halogenated alkanes) is 24. The third-order valence-electron chi connectivity index (χ3n) is 8.94. The Kier molecular flexibility index (Phi) is 39.6. The van der Waals surface area contributed by atoms with Crippen molar-refractivity contribution in [2.45, 2.75) is 213 Å². The predicted molar refractivity (Wildman–Crippen MR) is 205 cm³/mol. The molecule has 0 spiro atoms. The van der Waals surface area contributed by atoms with Gasteiger partial charge in [0.2, 0.25) is 0 Å². The van der Waals surface area contributed by atoms with E-state index in [1.54, 1.807) is 0 Å². The van der Waals surface area contributed by atoms with Crippen LogP contribution in [0.5, 0.6) is 0 Å². The van der Waals surface area contributed by atoms with Crippen LogP contribution in [0.2, 0.25) is 0 Å². The Morgan fingerprint density at radius 1 is 0.511 bits per heavy atom. The fraction of sp³-hybridized carbons (Fsp3) is 0.837. The van der Waals surface area contributed by atoms with E-state index in [4.69, 9.17) is 9.47 Å². The van der Waals surface area contributed by atoms with Gasteiger partial charge in [-0.1, -0.05) is 166 Å². The third-order valence-corrected chi connectivity index (χ3v) is 8.94. The van der Waals surface area contributed by atoms with E-state index in [-0.39, 0.29) is 12.6 Å². The molecule has 0 aromatic carbocycles. The fourth-order valence-corrected chi connectivity index (χ4v) is 5.82. The summed E-state index contributed by atoms with van der Waals surface area (Å²) in [6.07, 6.45) is 50.5. The number of carbonyl (C=O) groups is 1. The Morgan fingerprint density at radius 2 is 0.894 bits per heavy atom. The molecule has 0 saturated heterocycles. The first-order chi connectivity index (χ1) is 23.2. The molecule has 276 valence electrons. The van der Waals surface area contributed by atoms with Crippen LogP contribution in [0.15, 0.2) is 36.5 Å². The molecule has 0 fully saturated rings. The molecule has 4 heteroatoms. The number of carbonyl (C=O) groups excluding carboxylic acids is 1. The zero-order chi connectivity index (χ0) is 34.1. The van der Waals surface area contributed by atoms with Crippen molar-refractivity contribution in [3.63, 3.8) is 0 Å². The van der Waals surface area contributed by atoms with Crippen LogP contribution in [0.3, 0.4) is 0 Å². The smallest absolute Gasteiger partial charge is 0.306 e. The molecule has 4 nitrogen and oxygen atoms in total. The highest BCUT2D eigenvalue weighted by Gasteiger charge is 2.13. The quantitative estimate of drug-likeness (QED) is 0.0407. The molecule has 0 radical (unpaired) electrons. The van der Waals surface area contributed by atoms with Gasteiger partial charge >= 0.3 is 5.97 Å². The lowest BCUT2D eigenvalue weighted by molar-refractivity contribution is -0.154. The van der Waals surface area contributed by atoms with Crippen molar-refractivity contribution >= 4 is 5.97 Å². The lowest BCUT2D eigenvalue weighted by Gasteiger charge is -2.15. The van der Waals surface area contributed by atoms with Crippen LogP contribution in [0.1, 0.15) is 206 Å². The molecule has 0 rings (SSSR count). The number of ether oxygens (including phenoxy) is 2. The Hall–Kier alpha value is -1.39. The van der Waals surface area contributed by atoms with E-state index in [1.165, 1.54) is 161 Å². The van der Waals surface area contributed by atoms with Gasteiger partial charge in [-0.15, -0.1) is 0 Å². The summed E-state index contributed by atoms with van der Waals surface area (Å²) in [6, 6.07) is 0. The maximum absolute atomic E-state index is 12.2. The number of hydrogen-bond donors (Lipinski definition) is 1. The summed E-state index contributed by atoms with van der Waals surface area (Å²) < 4.78 is 11.1. The van der Waals surface area contributed by atoms with Crippen molar-refractivity contribution in [3.05, 3.63) is 36.5 Å². The van der Waals surface area contributed by atoms with Gasteiger partial charge in [0, 0.05) is 13.0 Å². The third kappa shape index (κ3) is 38.9. The van der Waals surface area contributed by atoms with Crippen molar-refractivity contribution in [2.24, 2.45) is 0 Å².